The molecule has 0 aliphatic heterocycles. The van der Waals surface area contributed by atoms with Crippen LogP contribution in [0.4, 0.5) is 0 Å². The largest absolute Gasteiger partial charge is 0.280 e. The Kier molecular flexibility index (Phi) is 4.53. The van der Waals surface area contributed by atoms with Crippen LogP contribution in [0.3, 0.4) is 0 Å². The number of benzene rings is 3. The highest BCUT2D eigenvalue weighted by molar-refractivity contribution is 6.30. The van der Waals surface area contributed by atoms with E-state index >= 15 is 0 Å². The van der Waals surface area contributed by atoms with Gasteiger partial charge in [-0.2, -0.15) is 0 Å². The van der Waals surface area contributed by atoms with Crippen LogP contribution in [-0.2, 0) is 0 Å². The van der Waals surface area contributed by atoms with Gasteiger partial charge in [-0.15, -0.1) is 0 Å². The third-order valence-corrected chi connectivity index (χ3v) is 3.48. The van der Waals surface area contributed by atoms with Gasteiger partial charge in [0, 0.05) is 16.8 Å². The predicted molar refractivity (Wildman–Crippen MR) is 94.7 cm³/mol. The summed E-state index contributed by atoms with van der Waals surface area (Å²) in [6.45, 7) is 0.472. The average molecular weight is 304 g/mol. The molecule has 2 heteroatoms. The molecule has 0 bridgehead atoms. The molecule has 0 amide bonds. The molecule has 0 spiro atoms. The van der Waals surface area contributed by atoms with Crippen LogP contribution in [0.2, 0.25) is 5.02 Å². The first-order valence-electron chi connectivity index (χ1n) is 7.04. The summed E-state index contributed by atoms with van der Waals surface area (Å²) in [5.41, 5.74) is 2.00. The van der Waals surface area contributed by atoms with Gasteiger partial charge in [0.25, 0.3) is 0 Å². The minimum absolute atomic E-state index is 0.472. The van der Waals surface area contributed by atoms with Gasteiger partial charge in [0.05, 0.1) is 0 Å². The summed E-state index contributed by atoms with van der Waals surface area (Å²) in [5.74, 6) is 6.21. The van der Waals surface area contributed by atoms with Crippen LogP contribution < -0.4 is 0 Å². The van der Waals surface area contributed by atoms with Gasteiger partial charge in [-0.1, -0.05) is 65.9 Å². The van der Waals surface area contributed by atoms with Crippen molar-refractivity contribution in [3.63, 3.8) is 0 Å². The molecule has 0 saturated heterocycles. The third kappa shape index (κ3) is 3.75. The maximum atomic E-state index is 5.92. The monoisotopic (exact) mass is 303 g/mol. The molecule has 3 aromatic rings. The standard InChI is InChI=1S/C20H14ClN/c21-20-9-3-5-17(14-20)15-22-12-4-6-16-10-11-18-7-1-2-8-19(18)13-16/h1-3,5,7-11,13-15H,12H2. The smallest absolute Gasteiger partial charge is 0.100 e. The lowest BCUT2D eigenvalue weighted by atomic mass is 10.1. The molecular weight excluding hydrogens is 290 g/mol. The molecule has 0 radical (unpaired) electrons. The average Bonchev–Trinajstić information content (AvgIpc) is 2.54. The van der Waals surface area contributed by atoms with Crippen LogP contribution in [0.25, 0.3) is 10.8 Å². The van der Waals surface area contributed by atoms with Gasteiger partial charge < -0.3 is 0 Å². The molecule has 0 fully saturated rings. The Balaban J connectivity index is 1.67. The van der Waals surface area contributed by atoms with E-state index in [2.05, 4.69) is 41.1 Å². The summed E-state index contributed by atoms with van der Waals surface area (Å²) in [4.78, 5) is 4.30. The van der Waals surface area contributed by atoms with Gasteiger partial charge in [0.15, 0.2) is 0 Å². The van der Waals surface area contributed by atoms with Gasteiger partial charge in [-0.05, 0) is 40.6 Å². The molecular formula is C20H14ClN. The molecule has 0 saturated carbocycles. The van der Waals surface area contributed by atoms with E-state index in [1.54, 1.807) is 6.21 Å². The molecule has 0 atom stereocenters. The third-order valence-electron chi connectivity index (χ3n) is 3.24. The van der Waals surface area contributed by atoms with Crippen molar-refractivity contribution in [2.45, 2.75) is 0 Å². The fraction of sp³-hybridized carbons (Fsp3) is 0.0500. The Morgan fingerprint density at radius 3 is 2.64 bits per heavy atom. The van der Waals surface area contributed by atoms with Crippen LogP contribution in [-0.4, -0.2) is 12.8 Å². The minimum atomic E-state index is 0.472. The summed E-state index contributed by atoms with van der Waals surface area (Å²) in [6, 6.07) is 22.1. The van der Waals surface area contributed by atoms with E-state index < -0.39 is 0 Å². The van der Waals surface area contributed by atoms with Gasteiger partial charge in [0.2, 0.25) is 0 Å². The number of aliphatic imine (C=N–C) groups is 1. The van der Waals surface area contributed by atoms with Crippen molar-refractivity contribution in [3.05, 3.63) is 82.9 Å². The van der Waals surface area contributed by atoms with E-state index in [0.717, 1.165) is 11.1 Å². The van der Waals surface area contributed by atoms with Crippen molar-refractivity contribution in [2.24, 2.45) is 4.99 Å². The number of rotatable bonds is 2. The maximum Gasteiger partial charge on any atom is 0.100 e. The predicted octanol–water partition coefficient (Wildman–Crippen LogP) is 4.96. The quantitative estimate of drug-likeness (QED) is 0.468. The molecule has 0 heterocycles. The Morgan fingerprint density at radius 1 is 0.909 bits per heavy atom. The number of fused-ring (bicyclic) bond motifs is 1. The number of nitrogens with zero attached hydrogens (tertiary/aromatic N) is 1. The second-order valence-electron chi connectivity index (χ2n) is 4.89. The van der Waals surface area contributed by atoms with Crippen LogP contribution in [0.15, 0.2) is 71.7 Å². The fourth-order valence-corrected chi connectivity index (χ4v) is 2.39. The molecule has 0 aliphatic rings. The Bertz CT molecular complexity index is 885. The van der Waals surface area contributed by atoms with Crippen molar-refractivity contribution < 1.29 is 0 Å². The molecule has 0 unspecified atom stereocenters. The summed E-state index contributed by atoms with van der Waals surface area (Å²) in [7, 11) is 0. The SMILES string of the molecule is Clc1cccc(C=NCC#Cc2ccc3ccccc3c2)c1. The lowest BCUT2D eigenvalue weighted by Gasteiger charge is -1.97. The van der Waals surface area contributed by atoms with E-state index in [1.165, 1.54) is 10.8 Å². The molecule has 1 nitrogen and oxygen atoms in total. The van der Waals surface area contributed by atoms with Crippen LogP contribution >= 0.6 is 11.6 Å². The summed E-state index contributed by atoms with van der Waals surface area (Å²) < 4.78 is 0. The number of halogens is 1. The van der Waals surface area contributed by atoms with Crippen molar-refractivity contribution >= 4 is 28.6 Å². The molecule has 0 aliphatic carbocycles. The topological polar surface area (TPSA) is 12.4 Å². The Labute approximate surface area is 135 Å². The summed E-state index contributed by atoms with van der Waals surface area (Å²) in [5, 5.41) is 3.15. The normalized spacial score (nSPS) is 10.6. The van der Waals surface area contributed by atoms with Gasteiger partial charge in [0.1, 0.15) is 6.54 Å². The molecule has 0 aromatic heterocycles. The maximum absolute atomic E-state index is 5.92. The molecule has 22 heavy (non-hydrogen) atoms. The van der Waals surface area contributed by atoms with Gasteiger partial charge >= 0.3 is 0 Å². The minimum Gasteiger partial charge on any atom is -0.280 e. The summed E-state index contributed by atoms with van der Waals surface area (Å²) in [6.07, 6.45) is 1.79. The van der Waals surface area contributed by atoms with E-state index in [-0.39, 0.29) is 0 Å². The Morgan fingerprint density at radius 2 is 1.77 bits per heavy atom. The first kappa shape index (κ1) is 14.4. The first-order valence-corrected chi connectivity index (χ1v) is 7.42. The second kappa shape index (κ2) is 6.93. The van der Waals surface area contributed by atoms with E-state index in [0.29, 0.717) is 11.6 Å². The van der Waals surface area contributed by atoms with E-state index in [4.69, 9.17) is 11.6 Å². The van der Waals surface area contributed by atoms with Crippen LogP contribution in [0.5, 0.6) is 0 Å². The highest BCUT2D eigenvalue weighted by atomic mass is 35.5. The molecule has 0 N–H and O–H groups in total. The highest BCUT2D eigenvalue weighted by Gasteiger charge is 1.92. The zero-order valence-electron chi connectivity index (χ0n) is 12.0. The number of hydrogen-bond acceptors (Lipinski definition) is 1. The van der Waals surface area contributed by atoms with E-state index in [1.807, 2.05) is 42.5 Å². The molecule has 3 rings (SSSR count). The lowest BCUT2D eigenvalue weighted by molar-refractivity contribution is 1.30. The Hall–Kier alpha value is -2.56. The van der Waals surface area contributed by atoms with Gasteiger partial charge in [-0.25, -0.2) is 0 Å². The highest BCUT2D eigenvalue weighted by Crippen LogP contribution is 2.14. The first-order chi connectivity index (χ1) is 10.8. The van der Waals surface area contributed by atoms with Crippen LogP contribution in [0.1, 0.15) is 11.1 Å². The van der Waals surface area contributed by atoms with Crippen LogP contribution in [0, 0.1) is 11.8 Å². The zero-order chi connectivity index (χ0) is 15.2. The van der Waals surface area contributed by atoms with E-state index in [9.17, 15) is 0 Å². The molecule has 3 aromatic carbocycles. The van der Waals surface area contributed by atoms with Crippen molar-refractivity contribution in [2.75, 3.05) is 6.54 Å². The number of hydrogen-bond donors (Lipinski definition) is 0. The fourth-order valence-electron chi connectivity index (χ4n) is 2.19. The second-order valence-corrected chi connectivity index (χ2v) is 5.32. The van der Waals surface area contributed by atoms with Crippen molar-refractivity contribution in [1.82, 2.24) is 0 Å². The van der Waals surface area contributed by atoms with Crippen molar-refractivity contribution in [3.8, 4) is 11.8 Å². The lowest BCUT2D eigenvalue weighted by Crippen LogP contribution is -1.82. The summed E-state index contributed by atoms with van der Waals surface area (Å²) >= 11 is 5.92. The van der Waals surface area contributed by atoms with Crippen molar-refractivity contribution in [1.29, 1.82) is 0 Å². The molecule has 106 valence electrons. The van der Waals surface area contributed by atoms with Gasteiger partial charge in [-0.3, -0.25) is 4.99 Å². The zero-order valence-corrected chi connectivity index (χ0v) is 12.7.